The van der Waals surface area contributed by atoms with Gasteiger partial charge in [-0.2, -0.15) is 0 Å². The molecule has 0 aliphatic carbocycles. The van der Waals surface area contributed by atoms with Gasteiger partial charge in [0.1, 0.15) is 12.4 Å². The zero-order valence-corrected chi connectivity index (χ0v) is 17.6. The molecule has 0 radical (unpaired) electrons. The monoisotopic (exact) mass is 445 g/mol. The fourth-order valence-electron chi connectivity index (χ4n) is 2.50. The van der Waals surface area contributed by atoms with E-state index in [1.165, 1.54) is 6.08 Å². The summed E-state index contributed by atoms with van der Waals surface area (Å²) in [6.45, 7) is 0.790. The maximum absolute atomic E-state index is 12.0. The van der Waals surface area contributed by atoms with Gasteiger partial charge in [0, 0.05) is 33.3 Å². The Morgan fingerprint density at radius 1 is 0.897 bits per heavy atom. The summed E-state index contributed by atoms with van der Waals surface area (Å²) >= 11 is 17.9. The summed E-state index contributed by atoms with van der Waals surface area (Å²) in [5.74, 6) is 0.540. The molecule has 29 heavy (non-hydrogen) atoms. The predicted molar refractivity (Wildman–Crippen MR) is 120 cm³/mol. The number of carbonyl (C=O) groups is 1. The summed E-state index contributed by atoms with van der Waals surface area (Å²) in [4.78, 5) is 12.0. The van der Waals surface area contributed by atoms with E-state index in [0.717, 1.165) is 16.7 Å². The molecule has 0 heterocycles. The van der Waals surface area contributed by atoms with Crippen LogP contribution in [0.5, 0.6) is 5.75 Å². The Hall–Kier alpha value is -2.46. The Morgan fingerprint density at radius 2 is 1.59 bits per heavy atom. The molecule has 1 amide bonds. The quantitative estimate of drug-likeness (QED) is 0.418. The first kappa shape index (κ1) is 21.3. The van der Waals surface area contributed by atoms with E-state index in [0.29, 0.717) is 34.0 Å². The molecule has 0 saturated carbocycles. The van der Waals surface area contributed by atoms with Gasteiger partial charge in [0.25, 0.3) is 0 Å². The van der Waals surface area contributed by atoms with Crippen LogP contribution in [-0.2, 0) is 17.9 Å². The Labute approximate surface area is 184 Å². The minimum absolute atomic E-state index is 0.169. The smallest absolute Gasteiger partial charge is 0.244 e. The second-order valence-corrected chi connectivity index (χ2v) is 7.55. The molecule has 0 atom stereocenters. The first-order chi connectivity index (χ1) is 14.0. The fraction of sp³-hybridized carbons (Fsp3) is 0.0870. The van der Waals surface area contributed by atoms with Crippen LogP contribution in [0.1, 0.15) is 16.7 Å². The molecule has 1 N–H and O–H groups in total. The molecule has 0 spiro atoms. The summed E-state index contributed by atoms with van der Waals surface area (Å²) in [7, 11) is 0. The van der Waals surface area contributed by atoms with E-state index in [1.807, 2.05) is 42.5 Å². The molecule has 3 aromatic carbocycles. The molecule has 0 bridgehead atoms. The Morgan fingerprint density at radius 3 is 2.28 bits per heavy atom. The number of rotatable bonds is 7. The molecule has 3 rings (SSSR count). The fourth-order valence-corrected chi connectivity index (χ4v) is 3.09. The summed E-state index contributed by atoms with van der Waals surface area (Å²) < 4.78 is 5.75. The average Bonchev–Trinajstić information content (AvgIpc) is 2.72. The van der Waals surface area contributed by atoms with Crippen molar-refractivity contribution in [1.29, 1.82) is 0 Å². The average molecular weight is 447 g/mol. The predicted octanol–water partition coefficient (Wildman–Crippen LogP) is 6.56. The third kappa shape index (κ3) is 6.82. The van der Waals surface area contributed by atoms with Gasteiger partial charge in [-0.1, -0.05) is 65.1 Å². The van der Waals surface area contributed by atoms with Crippen LogP contribution in [0.4, 0.5) is 0 Å². The highest BCUT2D eigenvalue weighted by atomic mass is 35.5. The van der Waals surface area contributed by atoms with Gasteiger partial charge in [-0.05, 0) is 53.6 Å². The highest BCUT2D eigenvalue weighted by Crippen LogP contribution is 2.23. The largest absolute Gasteiger partial charge is 0.489 e. The molecule has 148 valence electrons. The lowest BCUT2D eigenvalue weighted by Gasteiger charge is -2.08. The maximum atomic E-state index is 12.0. The van der Waals surface area contributed by atoms with Gasteiger partial charge < -0.3 is 10.1 Å². The molecule has 6 heteroatoms. The summed E-state index contributed by atoms with van der Waals surface area (Å²) in [5.41, 5.74) is 2.74. The third-order valence-electron chi connectivity index (χ3n) is 4.10. The first-order valence-corrected chi connectivity index (χ1v) is 10.00. The molecule has 0 fully saturated rings. The lowest BCUT2D eigenvalue weighted by molar-refractivity contribution is -0.116. The minimum atomic E-state index is -0.169. The Bertz CT molecular complexity index is 1000. The number of carbonyl (C=O) groups excluding carboxylic acids is 1. The Kier molecular flexibility index (Phi) is 7.59. The summed E-state index contributed by atoms with van der Waals surface area (Å²) in [6, 6.07) is 20.1. The van der Waals surface area contributed by atoms with Crippen molar-refractivity contribution in [3.05, 3.63) is 105 Å². The number of nitrogens with one attached hydrogen (secondary N) is 1. The summed E-state index contributed by atoms with van der Waals surface area (Å²) in [6.07, 6.45) is 3.25. The summed E-state index contributed by atoms with van der Waals surface area (Å²) in [5, 5.41) is 4.66. The molecule has 0 aliphatic rings. The number of amides is 1. The van der Waals surface area contributed by atoms with Crippen molar-refractivity contribution in [3.63, 3.8) is 0 Å². The molecule has 3 aromatic rings. The second-order valence-electron chi connectivity index (χ2n) is 6.27. The van der Waals surface area contributed by atoms with Crippen molar-refractivity contribution in [2.75, 3.05) is 0 Å². The van der Waals surface area contributed by atoms with Crippen LogP contribution in [0.3, 0.4) is 0 Å². The SMILES string of the molecule is O=C(/C=C/c1ccc(OCc2ccc(Cl)cc2Cl)cc1)NCc1ccc(Cl)cc1. The van der Waals surface area contributed by atoms with Crippen LogP contribution < -0.4 is 10.1 Å². The molecule has 3 nitrogen and oxygen atoms in total. The van der Waals surface area contributed by atoms with E-state index in [2.05, 4.69) is 5.32 Å². The molecular formula is C23H18Cl3NO2. The van der Waals surface area contributed by atoms with Crippen LogP contribution in [0.15, 0.2) is 72.8 Å². The Balaban J connectivity index is 1.48. The number of benzene rings is 3. The van der Waals surface area contributed by atoms with E-state index in [1.54, 1.807) is 30.3 Å². The first-order valence-electron chi connectivity index (χ1n) is 8.87. The minimum Gasteiger partial charge on any atom is -0.489 e. The third-order valence-corrected chi connectivity index (χ3v) is 4.94. The highest BCUT2D eigenvalue weighted by molar-refractivity contribution is 6.35. The van der Waals surface area contributed by atoms with Crippen molar-refractivity contribution in [3.8, 4) is 5.75 Å². The second kappa shape index (κ2) is 10.4. The standard InChI is InChI=1S/C23H18Cl3NO2/c24-19-7-1-17(2-8-19)14-27-23(28)12-5-16-3-10-21(11-4-16)29-15-18-6-9-20(25)13-22(18)26/h1-13H,14-15H2,(H,27,28)/b12-5+. The lowest BCUT2D eigenvalue weighted by Crippen LogP contribution is -2.20. The van der Waals surface area contributed by atoms with E-state index in [-0.39, 0.29) is 5.91 Å². The molecule has 0 aliphatic heterocycles. The zero-order valence-electron chi connectivity index (χ0n) is 15.4. The van der Waals surface area contributed by atoms with Crippen LogP contribution in [0.25, 0.3) is 6.08 Å². The van der Waals surface area contributed by atoms with E-state index >= 15 is 0 Å². The molecule has 0 saturated heterocycles. The normalized spacial score (nSPS) is 10.9. The maximum Gasteiger partial charge on any atom is 0.244 e. The van der Waals surface area contributed by atoms with Gasteiger partial charge in [0.15, 0.2) is 0 Å². The van der Waals surface area contributed by atoms with Gasteiger partial charge >= 0.3 is 0 Å². The number of hydrogen-bond acceptors (Lipinski definition) is 2. The van der Waals surface area contributed by atoms with Gasteiger partial charge in [0.05, 0.1) is 0 Å². The van der Waals surface area contributed by atoms with Crippen molar-refractivity contribution < 1.29 is 9.53 Å². The van der Waals surface area contributed by atoms with Gasteiger partial charge in [0.2, 0.25) is 5.91 Å². The molecular weight excluding hydrogens is 429 g/mol. The van der Waals surface area contributed by atoms with Crippen LogP contribution in [0, 0.1) is 0 Å². The van der Waals surface area contributed by atoms with Crippen LogP contribution >= 0.6 is 34.8 Å². The van der Waals surface area contributed by atoms with Crippen molar-refractivity contribution >= 4 is 46.8 Å². The van der Waals surface area contributed by atoms with Crippen LogP contribution in [0.2, 0.25) is 15.1 Å². The number of ether oxygens (including phenoxy) is 1. The van der Waals surface area contributed by atoms with Crippen molar-refractivity contribution in [2.45, 2.75) is 13.2 Å². The van der Waals surface area contributed by atoms with Crippen molar-refractivity contribution in [1.82, 2.24) is 5.32 Å². The van der Waals surface area contributed by atoms with E-state index in [4.69, 9.17) is 39.5 Å². The van der Waals surface area contributed by atoms with Crippen molar-refractivity contribution in [2.24, 2.45) is 0 Å². The van der Waals surface area contributed by atoms with Gasteiger partial charge in [-0.15, -0.1) is 0 Å². The lowest BCUT2D eigenvalue weighted by atomic mass is 10.2. The highest BCUT2D eigenvalue weighted by Gasteiger charge is 2.03. The molecule has 0 aromatic heterocycles. The number of halogens is 3. The zero-order chi connectivity index (χ0) is 20.6. The van der Waals surface area contributed by atoms with Crippen LogP contribution in [-0.4, -0.2) is 5.91 Å². The number of hydrogen-bond donors (Lipinski definition) is 1. The van der Waals surface area contributed by atoms with Gasteiger partial charge in [-0.3, -0.25) is 4.79 Å². The van der Waals surface area contributed by atoms with Gasteiger partial charge in [-0.25, -0.2) is 0 Å². The topological polar surface area (TPSA) is 38.3 Å². The van der Waals surface area contributed by atoms with E-state index in [9.17, 15) is 4.79 Å². The van der Waals surface area contributed by atoms with E-state index < -0.39 is 0 Å². The molecule has 0 unspecified atom stereocenters.